The summed E-state index contributed by atoms with van der Waals surface area (Å²) < 4.78 is 27.8. The molecule has 1 fully saturated rings. The Hall–Kier alpha value is -3.28. The van der Waals surface area contributed by atoms with E-state index in [9.17, 15) is 13.2 Å². The molecule has 0 aliphatic carbocycles. The Morgan fingerprint density at radius 2 is 1.72 bits per heavy atom. The Kier molecular flexibility index (Phi) is 5.01. The van der Waals surface area contributed by atoms with Gasteiger partial charge in [-0.15, -0.1) is 0 Å². The number of hydrogen-bond donors (Lipinski definition) is 0. The van der Waals surface area contributed by atoms with Crippen molar-refractivity contribution in [3.63, 3.8) is 0 Å². The SMILES string of the molecule is N#Cc1ccc(C(=O)N2CCN(S(=O)(=O)c3cccc4cnccc34)CC2)cc1. The van der Waals surface area contributed by atoms with E-state index in [1.807, 2.05) is 12.1 Å². The first-order valence-electron chi connectivity index (χ1n) is 9.13. The summed E-state index contributed by atoms with van der Waals surface area (Å²) in [7, 11) is -3.68. The lowest BCUT2D eigenvalue weighted by molar-refractivity contribution is 0.0698. The van der Waals surface area contributed by atoms with Gasteiger partial charge in [-0.2, -0.15) is 9.57 Å². The third kappa shape index (κ3) is 3.58. The first-order chi connectivity index (χ1) is 14.0. The smallest absolute Gasteiger partial charge is 0.253 e. The molecule has 146 valence electrons. The number of carbonyl (C=O) groups excluding carboxylic acids is 1. The zero-order valence-corrected chi connectivity index (χ0v) is 16.3. The van der Waals surface area contributed by atoms with Gasteiger partial charge in [0.2, 0.25) is 10.0 Å². The highest BCUT2D eigenvalue weighted by Gasteiger charge is 2.31. The van der Waals surface area contributed by atoms with Crippen molar-refractivity contribution in [2.24, 2.45) is 0 Å². The molecular weight excluding hydrogens is 388 g/mol. The molecule has 3 aromatic rings. The van der Waals surface area contributed by atoms with Crippen LogP contribution in [0.4, 0.5) is 0 Å². The zero-order chi connectivity index (χ0) is 20.4. The molecule has 1 aliphatic rings. The van der Waals surface area contributed by atoms with Crippen molar-refractivity contribution in [2.75, 3.05) is 26.2 Å². The molecule has 2 heterocycles. The third-order valence-electron chi connectivity index (χ3n) is 5.05. The van der Waals surface area contributed by atoms with Gasteiger partial charge in [0.05, 0.1) is 16.5 Å². The summed E-state index contributed by atoms with van der Waals surface area (Å²) in [4.78, 5) is 18.6. The summed E-state index contributed by atoms with van der Waals surface area (Å²) in [5, 5.41) is 10.3. The van der Waals surface area contributed by atoms with E-state index in [1.165, 1.54) is 4.31 Å². The van der Waals surface area contributed by atoms with Gasteiger partial charge in [-0.05, 0) is 36.4 Å². The molecule has 1 aromatic heterocycles. The molecule has 0 bridgehead atoms. The molecule has 1 aliphatic heterocycles. The molecule has 29 heavy (non-hydrogen) atoms. The number of fused-ring (bicyclic) bond motifs is 1. The van der Waals surface area contributed by atoms with Crippen LogP contribution in [0.25, 0.3) is 10.8 Å². The normalized spacial score (nSPS) is 15.2. The zero-order valence-electron chi connectivity index (χ0n) is 15.5. The van der Waals surface area contributed by atoms with Crippen LogP contribution in [0.3, 0.4) is 0 Å². The van der Waals surface area contributed by atoms with E-state index >= 15 is 0 Å². The third-order valence-corrected chi connectivity index (χ3v) is 7.00. The largest absolute Gasteiger partial charge is 0.336 e. The summed E-state index contributed by atoms with van der Waals surface area (Å²) in [6, 6.07) is 15.3. The lowest BCUT2D eigenvalue weighted by Gasteiger charge is -2.34. The minimum atomic E-state index is -3.68. The van der Waals surface area contributed by atoms with Crippen molar-refractivity contribution in [3.8, 4) is 6.07 Å². The number of rotatable bonds is 3. The summed E-state index contributed by atoms with van der Waals surface area (Å²) in [6.07, 6.45) is 3.22. The van der Waals surface area contributed by atoms with Crippen LogP contribution in [-0.4, -0.2) is 54.7 Å². The van der Waals surface area contributed by atoms with E-state index in [2.05, 4.69) is 4.98 Å². The monoisotopic (exact) mass is 406 g/mol. The molecule has 0 spiro atoms. The number of hydrogen-bond acceptors (Lipinski definition) is 5. The molecule has 0 saturated carbocycles. The molecule has 8 heteroatoms. The number of benzene rings is 2. The van der Waals surface area contributed by atoms with Gasteiger partial charge in [-0.1, -0.05) is 12.1 Å². The quantitative estimate of drug-likeness (QED) is 0.665. The van der Waals surface area contributed by atoms with Gasteiger partial charge in [0, 0.05) is 54.9 Å². The van der Waals surface area contributed by atoms with Crippen LogP contribution in [0.1, 0.15) is 15.9 Å². The van der Waals surface area contributed by atoms with E-state index in [0.717, 1.165) is 5.39 Å². The average molecular weight is 406 g/mol. The lowest BCUT2D eigenvalue weighted by atomic mass is 10.1. The van der Waals surface area contributed by atoms with E-state index in [0.29, 0.717) is 29.6 Å². The molecule has 0 radical (unpaired) electrons. The highest BCUT2D eigenvalue weighted by Crippen LogP contribution is 2.26. The highest BCUT2D eigenvalue weighted by molar-refractivity contribution is 7.89. The van der Waals surface area contributed by atoms with Gasteiger partial charge in [0.1, 0.15) is 0 Å². The number of piperazine rings is 1. The van der Waals surface area contributed by atoms with Crippen molar-refractivity contribution in [2.45, 2.75) is 4.90 Å². The minimum absolute atomic E-state index is 0.164. The van der Waals surface area contributed by atoms with E-state index in [-0.39, 0.29) is 23.9 Å². The Morgan fingerprint density at radius 1 is 1.00 bits per heavy atom. The van der Waals surface area contributed by atoms with Crippen molar-refractivity contribution < 1.29 is 13.2 Å². The molecule has 2 aromatic carbocycles. The fourth-order valence-electron chi connectivity index (χ4n) is 3.46. The summed E-state index contributed by atoms with van der Waals surface area (Å²) in [5.41, 5.74) is 0.976. The number of nitriles is 1. The molecule has 4 rings (SSSR count). The van der Waals surface area contributed by atoms with E-state index < -0.39 is 10.0 Å². The number of nitrogens with zero attached hydrogens (tertiary/aromatic N) is 4. The first kappa shape index (κ1) is 19.1. The number of amides is 1. The van der Waals surface area contributed by atoms with Gasteiger partial charge in [0.25, 0.3) is 5.91 Å². The summed E-state index contributed by atoms with van der Waals surface area (Å²) >= 11 is 0. The summed E-state index contributed by atoms with van der Waals surface area (Å²) in [6.45, 7) is 1.08. The minimum Gasteiger partial charge on any atom is -0.336 e. The van der Waals surface area contributed by atoms with Crippen molar-refractivity contribution in [1.29, 1.82) is 5.26 Å². The van der Waals surface area contributed by atoms with Crippen LogP contribution in [0.15, 0.2) is 65.8 Å². The number of aromatic nitrogens is 1. The van der Waals surface area contributed by atoms with E-state index in [1.54, 1.807) is 59.8 Å². The second-order valence-corrected chi connectivity index (χ2v) is 8.64. The molecule has 0 unspecified atom stereocenters. The molecule has 1 amide bonds. The van der Waals surface area contributed by atoms with Crippen LogP contribution in [0.2, 0.25) is 0 Å². The molecule has 0 N–H and O–H groups in total. The van der Waals surface area contributed by atoms with Gasteiger partial charge in [-0.25, -0.2) is 8.42 Å². The number of pyridine rings is 1. The maximum absolute atomic E-state index is 13.2. The molecule has 0 atom stereocenters. The predicted molar refractivity (Wildman–Crippen MR) is 108 cm³/mol. The first-order valence-corrected chi connectivity index (χ1v) is 10.6. The molecule has 1 saturated heterocycles. The second-order valence-electron chi connectivity index (χ2n) is 6.74. The van der Waals surface area contributed by atoms with Gasteiger partial charge < -0.3 is 4.90 Å². The Labute approximate surface area is 168 Å². The topological polar surface area (TPSA) is 94.4 Å². The maximum atomic E-state index is 13.2. The average Bonchev–Trinajstić information content (AvgIpc) is 2.78. The second kappa shape index (κ2) is 7.62. The van der Waals surface area contributed by atoms with Crippen LogP contribution >= 0.6 is 0 Å². The standard InChI is InChI=1S/C21H18N4O3S/c22-14-16-4-6-17(7-5-16)21(26)24-10-12-25(13-11-24)29(27,28)20-3-1-2-18-15-23-9-8-19(18)20/h1-9,15H,10-13H2. The Balaban J connectivity index is 1.51. The van der Waals surface area contributed by atoms with Gasteiger partial charge >= 0.3 is 0 Å². The predicted octanol–water partition coefficient (Wildman–Crippen LogP) is 2.25. The molecular formula is C21H18N4O3S. The van der Waals surface area contributed by atoms with Crippen LogP contribution < -0.4 is 0 Å². The number of carbonyl (C=O) groups is 1. The van der Waals surface area contributed by atoms with Crippen molar-refractivity contribution in [1.82, 2.24) is 14.2 Å². The Morgan fingerprint density at radius 3 is 2.41 bits per heavy atom. The van der Waals surface area contributed by atoms with E-state index in [4.69, 9.17) is 5.26 Å². The van der Waals surface area contributed by atoms with Crippen molar-refractivity contribution >= 4 is 26.7 Å². The fourth-order valence-corrected chi connectivity index (χ4v) is 5.09. The van der Waals surface area contributed by atoms with Crippen LogP contribution in [-0.2, 0) is 10.0 Å². The van der Waals surface area contributed by atoms with Gasteiger partial charge in [-0.3, -0.25) is 9.78 Å². The molecule has 7 nitrogen and oxygen atoms in total. The lowest BCUT2D eigenvalue weighted by Crippen LogP contribution is -2.50. The van der Waals surface area contributed by atoms with Crippen LogP contribution in [0, 0.1) is 11.3 Å². The van der Waals surface area contributed by atoms with Crippen molar-refractivity contribution in [3.05, 3.63) is 72.1 Å². The van der Waals surface area contributed by atoms with Gasteiger partial charge in [0.15, 0.2) is 0 Å². The summed E-state index contributed by atoms with van der Waals surface area (Å²) in [5.74, 6) is -0.164. The van der Waals surface area contributed by atoms with Crippen LogP contribution in [0.5, 0.6) is 0 Å². The number of sulfonamides is 1. The maximum Gasteiger partial charge on any atom is 0.253 e. The fraction of sp³-hybridized carbons (Fsp3) is 0.190. The highest BCUT2D eigenvalue weighted by atomic mass is 32.2. The Bertz CT molecular complexity index is 1200.